The summed E-state index contributed by atoms with van der Waals surface area (Å²) in [5.41, 5.74) is 6.27. The van der Waals surface area contributed by atoms with Gasteiger partial charge in [-0.15, -0.1) is 0 Å². The first-order valence-electron chi connectivity index (χ1n) is 8.52. The van der Waals surface area contributed by atoms with E-state index in [0.29, 0.717) is 5.56 Å². The Balaban J connectivity index is 1.93. The summed E-state index contributed by atoms with van der Waals surface area (Å²) in [7, 11) is 0. The van der Waals surface area contributed by atoms with E-state index in [9.17, 15) is 4.79 Å². The van der Waals surface area contributed by atoms with Gasteiger partial charge in [0.2, 0.25) is 0 Å². The number of allylic oxidation sites excluding steroid dienone is 4. The normalized spacial score (nSPS) is 19.0. The number of carbonyl (C=O) groups is 1. The highest BCUT2D eigenvalue weighted by molar-refractivity contribution is 5.94. The molecule has 0 unspecified atom stereocenters. The lowest BCUT2D eigenvalue weighted by atomic mass is 9.72. The summed E-state index contributed by atoms with van der Waals surface area (Å²) in [5.74, 6) is -0.0717. The zero-order chi connectivity index (χ0) is 17.6. The number of hydrogen-bond acceptors (Lipinski definition) is 3. The molecule has 1 N–H and O–H groups in total. The lowest BCUT2D eigenvalue weighted by Crippen LogP contribution is -2.19. The fraction of sp³-hybridized carbons (Fsp3) is 0.450. The molecule has 24 heavy (non-hydrogen) atoms. The number of nitrogens with zero attached hydrogens (tertiary/aromatic N) is 2. The van der Waals surface area contributed by atoms with E-state index in [4.69, 9.17) is 0 Å². The van der Waals surface area contributed by atoms with Crippen molar-refractivity contribution in [3.05, 3.63) is 53.4 Å². The molecular weight excluding hydrogens is 298 g/mol. The van der Waals surface area contributed by atoms with Crippen LogP contribution in [-0.4, -0.2) is 17.1 Å². The molecule has 0 aliphatic heterocycles. The number of carbonyl (C=O) groups excluding carboxylic acids is 1. The second-order valence-electron chi connectivity index (χ2n) is 7.10. The Hall–Kier alpha value is -2.23. The van der Waals surface area contributed by atoms with Crippen LogP contribution in [0, 0.1) is 11.3 Å². The van der Waals surface area contributed by atoms with Gasteiger partial charge in [0.05, 0.1) is 0 Å². The van der Waals surface area contributed by atoms with Gasteiger partial charge in [0.1, 0.15) is 0 Å². The van der Waals surface area contributed by atoms with E-state index >= 15 is 0 Å². The van der Waals surface area contributed by atoms with E-state index in [1.54, 1.807) is 30.7 Å². The monoisotopic (exact) mass is 325 g/mol. The molecule has 4 heteroatoms. The quantitative estimate of drug-likeness (QED) is 0.639. The molecule has 0 saturated heterocycles. The Labute approximate surface area is 144 Å². The van der Waals surface area contributed by atoms with Crippen LogP contribution in [0.15, 0.2) is 52.9 Å². The number of hydrogen-bond donors (Lipinski definition) is 1. The predicted octanol–water partition coefficient (Wildman–Crippen LogP) is 4.52. The second kappa shape index (κ2) is 8.04. The SMILES string of the molecule is CC1=C(/C=C/[C@@H](C)/C=N/NC(=O)c2ccncc2)C(C)(C)CCC1. The third-order valence-corrected chi connectivity index (χ3v) is 4.53. The van der Waals surface area contributed by atoms with E-state index in [0.717, 1.165) is 0 Å². The highest BCUT2D eigenvalue weighted by Gasteiger charge is 2.26. The van der Waals surface area contributed by atoms with Crippen LogP contribution >= 0.6 is 0 Å². The van der Waals surface area contributed by atoms with Gasteiger partial charge in [0.15, 0.2) is 0 Å². The van der Waals surface area contributed by atoms with Crippen LogP contribution in [0.4, 0.5) is 0 Å². The minimum atomic E-state index is -0.225. The van der Waals surface area contributed by atoms with E-state index < -0.39 is 0 Å². The van der Waals surface area contributed by atoms with Gasteiger partial charge in [-0.2, -0.15) is 5.10 Å². The number of nitrogens with one attached hydrogen (secondary N) is 1. The Morgan fingerprint density at radius 2 is 2.08 bits per heavy atom. The van der Waals surface area contributed by atoms with Crippen LogP contribution < -0.4 is 5.43 Å². The molecular formula is C20H27N3O. The molecule has 1 aromatic heterocycles. The van der Waals surface area contributed by atoms with Crippen LogP contribution in [0.5, 0.6) is 0 Å². The molecule has 1 aliphatic carbocycles. The van der Waals surface area contributed by atoms with Crippen molar-refractivity contribution in [1.29, 1.82) is 0 Å². The molecule has 1 amide bonds. The maximum atomic E-state index is 11.9. The molecule has 2 rings (SSSR count). The largest absolute Gasteiger partial charge is 0.271 e. The number of hydrazone groups is 1. The van der Waals surface area contributed by atoms with Crippen molar-refractivity contribution in [3.63, 3.8) is 0 Å². The molecule has 1 atom stereocenters. The minimum absolute atomic E-state index is 0.153. The number of rotatable bonds is 5. The summed E-state index contributed by atoms with van der Waals surface area (Å²) >= 11 is 0. The van der Waals surface area contributed by atoms with Gasteiger partial charge in [-0.05, 0) is 49.3 Å². The third-order valence-electron chi connectivity index (χ3n) is 4.53. The maximum absolute atomic E-state index is 11.9. The molecule has 1 heterocycles. The van der Waals surface area contributed by atoms with Crippen molar-refractivity contribution in [2.24, 2.45) is 16.4 Å². The zero-order valence-corrected chi connectivity index (χ0v) is 15.0. The van der Waals surface area contributed by atoms with Crippen molar-refractivity contribution >= 4 is 12.1 Å². The van der Waals surface area contributed by atoms with Gasteiger partial charge >= 0.3 is 0 Å². The van der Waals surface area contributed by atoms with Crippen molar-refractivity contribution in [1.82, 2.24) is 10.4 Å². The summed E-state index contributed by atoms with van der Waals surface area (Å²) < 4.78 is 0. The fourth-order valence-corrected chi connectivity index (χ4v) is 3.09. The molecule has 0 bridgehead atoms. The second-order valence-corrected chi connectivity index (χ2v) is 7.10. The lowest BCUT2D eigenvalue weighted by molar-refractivity contribution is 0.0955. The van der Waals surface area contributed by atoms with Crippen molar-refractivity contribution in [2.45, 2.75) is 47.0 Å². The summed E-state index contributed by atoms with van der Waals surface area (Å²) in [5, 5.41) is 4.05. The van der Waals surface area contributed by atoms with E-state index in [-0.39, 0.29) is 17.2 Å². The highest BCUT2D eigenvalue weighted by Crippen LogP contribution is 2.40. The summed E-state index contributed by atoms with van der Waals surface area (Å²) in [4.78, 5) is 15.8. The van der Waals surface area contributed by atoms with Crippen LogP contribution in [-0.2, 0) is 0 Å². The Kier molecular flexibility index (Phi) is 6.07. The van der Waals surface area contributed by atoms with E-state index in [2.05, 4.69) is 55.4 Å². The molecule has 4 nitrogen and oxygen atoms in total. The number of aromatic nitrogens is 1. The molecule has 0 aromatic carbocycles. The Morgan fingerprint density at radius 1 is 1.38 bits per heavy atom. The molecule has 0 fully saturated rings. The van der Waals surface area contributed by atoms with Gasteiger partial charge in [-0.3, -0.25) is 9.78 Å². The minimum Gasteiger partial charge on any atom is -0.267 e. The van der Waals surface area contributed by atoms with Gasteiger partial charge < -0.3 is 0 Å². The van der Waals surface area contributed by atoms with E-state index in [1.807, 2.05) is 0 Å². The molecule has 0 spiro atoms. The average Bonchev–Trinajstić information content (AvgIpc) is 2.54. The molecule has 0 radical (unpaired) electrons. The van der Waals surface area contributed by atoms with Gasteiger partial charge in [0.25, 0.3) is 5.91 Å². The highest BCUT2D eigenvalue weighted by atomic mass is 16.2. The Bertz CT molecular complexity index is 657. The third kappa shape index (κ3) is 4.88. The first-order valence-corrected chi connectivity index (χ1v) is 8.52. The molecule has 1 aromatic rings. The lowest BCUT2D eigenvalue weighted by Gasteiger charge is -2.33. The number of amides is 1. The van der Waals surface area contributed by atoms with Crippen LogP contribution in [0.25, 0.3) is 0 Å². The molecule has 0 saturated carbocycles. The first kappa shape index (κ1) is 18.1. The smallest absolute Gasteiger partial charge is 0.267 e. The Morgan fingerprint density at radius 3 is 2.75 bits per heavy atom. The number of pyridine rings is 1. The average molecular weight is 325 g/mol. The molecule has 1 aliphatic rings. The van der Waals surface area contributed by atoms with Crippen LogP contribution in [0.1, 0.15) is 57.3 Å². The summed E-state index contributed by atoms with van der Waals surface area (Å²) in [6, 6.07) is 3.32. The topological polar surface area (TPSA) is 54.4 Å². The summed E-state index contributed by atoms with van der Waals surface area (Å²) in [6.07, 6.45) is 13.0. The van der Waals surface area contributed by atoms with Gasteiger partial charge in [0, 0.05) is 30.1 Å². The standard InChI is InChI=1S/C20H27N3O/c1-15(7-8-18-16(2)6-5-11-20(18,3)4)14-22-23-19(24)17-9-12-21-13-10-17/h7-10,12-15H,5-6,11H2,1-4H3,(H,23,24)/b8-7+,22-14+/t15-/m1/s1. The van der Waals surface area contributed by atoms with Gasteiger partial charge in [-0.25, -0.2) is 5.43 Å². The van der Waals surface area contributed by atoms with Crippen molar-refractivity contribution in [2.75, 3.05) is 0 Å². The first-order chi connectivity index (χ1) is 11.4. The van der Waals surface area contributed by atoms with Crippen molar-refractivity contribution < 1.29 is 4.79 Å². The van der Waals surface area contributed by atoms with Crippen LogP contribution in [0.3, 0.4) is 0 Å². The zero-order valence-electron chi connectivity index (χ0n) is 15.0. The maximum Gasteiger partial charge on any atom is 0.271 e. The predicted molar refractivity (Wildman–Crippen MR) is 98.8 cm³/mol. The summed E-state index contributed by atoms with van der Waals surface area (Å²) in [6.45, 7) is 8.91. The van der Waals surface area contributed by atoms with Crippen molar-refractivity contribution in [3.8, 4) is 0 Å². The van der Waals surface area contributed by atoms with E-state index in [1.165, 1.54) is 30.4 Å². The fourth-order valence-electron chi connectivity index (χ4n) is 3.09. The van der Waals surface area contributed by atoms with Crippen LogP contribution in [0.2, 0.25) is 0 Å². The molecule has 128 valence electrons. The van der Waals surface area contributed by atoms with Gasteiger partial charge in [-0.1, -0.05) is 38.5 Å².